The number of para-hydroxylation sites is 1. The number of benzene rings is 7. The highest BCUT2D eigenvalue weighted by Gasteiger charge is 2.19. The molecule has 0 radical (unpaired) electrons. The first-order valence-electron chi connectivity index (χ1n) is 17.5. The highest BCUT2D eigenvalue weighted by molar-refractivity contribution is 7.24. The quantitative estimate of drug-likeness (QED) is 0.175. The molecule has 4 heteroatoms. The van der Waals surface area contributed by atoms with E-state index in [-0.39, 0.29) is 0 Å². The molecule has 52 heavy (non-hydrogen) atoms. The van der Waals surface area contributed by atoms with Gasteiger partial charge in [-0.1, -0.05) is 158 Å². The average molecular weight is 682 g/mol. The minimum atomic E-state index is 0.718. The Balaban J connectivity index is 1.10. The van der Waals surface area contributed by atoms with Crippen molar-refractivity contribution in [3.05, 3.63) is 188 Å². The lowest BCUT2D eigenvalue weighted by atomic mass is 9.97. The smallest absolute Gasteiger partial charge is 0.160 e. The third kappa shape index (κ3) is 5.29. The highest BCUT2D eigenvalue weighted by Crippen LogP contribution is 2.44. The Morgan fingerprint density at radius 1 is 0.365 bits per heavy atom. The third-order valence-corrected chi connectivity index (χ3v) is 11.0. The van der Waals surface area contributed by atoms with Gasteiger partial charge < -0.3 is 0 Å². The molecule has 0 saturated heterocycles. The second kappa shape index (κ2) is 12.6. The van der Waals surface area contributed by atoms with Crippen LogP contribution in [0.4, 0.5) is 0 Å². The van der Waals surface area contributed by atoms with Crippen LogP contribution in [0.15, 0.2) is 188 Å². The number of fused-ring (bicyclic) bond motifs is 5. The predicted molar refractivity (Wildman–Crippen MR) is 218 cm³/mol. The molecule has 7 aromatic carbocycles. The first kappa shape index (κ1) is 30.2. The number of aromatic nitrogens is 3. The van der Waals surface area contributed by atoms with Crippen LogP contribution in [-0.2, 0) is 0 Å². The molecule has 0 aliphatic heterocycles. The van der Waals surface area contributed by atoms with E-state index in [2.05, 4.69) is 168 Å². The standard InChI is InChI=1S/C48H31N3S/c1-4-12-32(13-5-1)33-20-22-34(23-21-33)39-28-29-43-40(30-39)46(48-51(43)44-18-10-11-19-45(44)52-48)37-26-24-36(25-27-37)42-31-41(35-14-6-2-7-15-35)49-47(50-42)38-16-8-3-9-17-38/h1-31H. The highest BCUT2D eigenvalue weighted by atomic mass is 32.1. The van der Waals surface area contributed by atoms with Gasteiger partial charge in [0.05, 0.1) is 27.1 Å². The Morgan fingerprint density at radius 2 is 0.846 bits per heavy atom. The van der Waals surface area contributed by atoms with Crippen molar-refractivity contribution in [2.45, 2.75) is 0 Å². The molecule has 10 aromatic rings. The van der Waals surface area contributed by atoms with Crippen LogP contribution in [0, 0.1) is 0 Å². The topological polar surface area (TPSA) is 30.2 Å². The van der Waals surface area contributed by atoms with E-state index in [1.807, 2.05) is 35.6 Å². The van der Waals surface area contributed by atoms with Crippen LogP contribution in [0.2, 0.25) is 0 Å². The number of rotatable bonds is 6. The Hall–Kier alpha value is -6.62. The van der Waals surface area contributed by atoms with Gasteiger partial charge in [0.25, 0.3) is 0 Å². The first-order chi connectivity index (χ1) is 25.8. The van der Waals surface area contributed by atoms with Crippen LogP contribution in [-0.4, -0.2) is 14.4 Å². The summed E-state index contributed by atoms with van der Waals surface area (Å²) in [4.78, 5) is 11.3. The van der Waals surface area contributed by atoms with Crippen molar-refractivity contribution in [2.24, 2.45) is 0 Å². The zero-order chi connectivity index (χ0) is 34.4. The maximum Gasteiger partial charge on any atom is 0.160 e. The molecule has 3 aromatic heterocycles. The zero-order valence-corrected chi connectivity index (χ0v) is 29.0. The van der Waals surface area contributed by atoms with Gasteiger partial charge in [-0.25, -0.2) is 9.97 Å². The molecule has 0 saturated carbocycles. The van der Waals surface area contributed by atoms with Crippen molar-refractivity contribution in [1.29, 1.82) is 0 Å². The fourth-order valence-corrected chi connectivity index (χ4v) is 8.49. The molecular formula is C48H31N3S. The minimum absolute atomic E-state index is 0.718. The summed E-state index contributed by atoms with van der Waals surface area (Å²) >= 11 is 1.85. The Labute approximate surface area is 305 Å². The summed E-state index contributed by atoms with van der Waals surface area (Å²) in [5.41, 5.74) is 14.7. The van der Waals surface area contributed by atoms with Gasteiger partial charge in [0.2, 0.25) is 0 Å². The summed E-state index contributed by atoms with van der Waals surface area (Å²) in [5, 5.41) is 1.24. The lowest BCUT2D eigenvalue weighted by Gasteiger charge is -2.10. The molecule has 0 fully saturated rings. The summed E-state index contributed by atoms with van der Waals surface area (Å²) in [6, 6.07) is 66.7. The molecule has 10 rings (SSSR count). The first-order valence-corrected chi connectivity index (χ1v) is 18.3. The number of thiazole rings is 1. The van der Waals surface area contributed by atoms with Gasteiger partial charge in [-0.05, 0) is 58.1 Å². The van der Waals surface area contributed by atoms with Crippen LogP contribution < -0.4 is 0 Å². The summed E-state index contributed by atoms with van der Waals surface area (Å²) in [7, 11) is 0. The molecular weight excluding hydrogens is 651 g/mol. The van der Waals surface area contributed by atoms with Crippen LogP contribution in [0.5, 0.6) is 0 Å². The van der Waals surface area contributed by atoms with Crippen molar-refractivity contribution >= 4 is 37.3 Å². The largest absolute Gasteiger partial charge is 0.299 e. The van der Waals surface area contributed by atoms with E-state index in [0.29, 0.717) is 0 Å². The van der Waals surface area contributed by atoms with E-state index in [1.54, 1.807) is 0 Å². The van der Waals surface area contributed by atoms with Crippen molar-refractivity contribution in [2.75, 3.05) is 0 Å². The molecule has 0 aliphatic rings. The number of hydrogen-bond acceptors (Lipinski definition) is 3. The van der Waals surface area contributed by atoms with Gasteiger partial charge in [0.1, 0.15) is 4.83 Å². The van der Waals surface area contributed by atoms with Gasteiger partial charge in [0.15, 0.2) is 5.82 Å². The van der Waals surface area contributed by atoms with E-state index in [9.17, 15) is 0 Å². The SMILES string of the molecule is c1ccc(-c2ccc(-c3ccc4c(c3)c(-c3ccc(-c5cc(-c6ccccc6)nc(-c6ccccc6)n5)cc3)c3sc5ccccc5n34)cc2)cc1. The van der Waals surface area contributed by atoms with Gasteiger partial charge in [0, 0.05) is 27.6 Å². The molecule has 3 heterocycles. The summed E-state index contributed by atoms with van der Waals surface area (Å²) in [6.07, 6.45) is 0. The van der Waals surface area contributed by atoms with E-state index < -0.39 is 0 Å². The lowest BCUT2D eigenvalue weighted by molar-refractivity contribution is 1.18. The van der Waals surface area contributed by atoms with Crippen molar-refractivity contribution in [3.8, 4) is 67.3 Å². The van der Waals surface area contributed by atoms with Gasteiger partial charge in [-0.3, -0.25) is 4.40 Å². The monoisotopic (exact) mass is 681 g/mol. The van der Waals surface area contributed by atoms with Crippen LogP contribution in [0.3, 0.4) is 0 Å². The fourth-order valence-electron chi connectivity index (χ4n) is 7.26. The van der Waals surface area contributed by atoms with Crippen LogP contribution in [0.1, 0.15) is 0 Å². The molecule has 244 valence electrons. The predicted octanol–water partition coefficient (Wildman–Crippen LogP) is 13.1. The maximum absolute atomic E-state index is 5.08. The van der Waals surface area contributed by atoms with E-state index >= 15 is 0 Å². The molecule has 0 spiro atoms. The third-order valence-electron chi connectivity index (χ3n) is 9.86. The summed E-state index contributed by atoms with van der Waals surface area (Å²) in [5.74, 6) is 0.718. The van der Waals surface area contributed by atoms with E-state index in [4.69, 9.17) is 9.97 Å². The molecule has 0 bridgehead atoms. The Bertz CT molecular complexity index is 2800. The molecule has 0 atom stereocenters. The fraction of sp³-hybridized carbons (Fsp3) is 0. The lowest BCUT2D eigenvalue weighted by Crippen LogP contribution is -1.95. The number of hydrogen-bond donors (Lipinski definition) is 0. The zero-order valence-electron chi connectivity index (χ0n) is 28.1. The second-order valence-corrected chi connectivity index (χ2v) is 14.1. The van der Waals surface area contributed by atoms with Gasteiger partial charge >= 0.3 is 0 Å². The minimum Gasteiger partial charge on any atom is -0.299 e. The van der Waals surface area contributed by atoms with Crippen molar-refractivity contribution in [1.82, 2.24) is 14.4 Å². The second-order valence-electron chi connectivity index (χ2n) is 13.0. The van der Waals surface area contributed by atoms with Crippen molar-refractivity contribution < 1.29 is 0 Å². The average Bonchev–Trinajstić information content (AvgIpc) is 3.76. The molecule has 0 unspecified atom stereocenters. The Kier molecular flexibility index (Phi) is 7.33. The van der Waals surface area contributed by atoms with Crippen molar-refractivity contribution in [3.63, 3.8) is 0 Å². The van der Waals surface area contributed by atoms with E-state index in [0.717, 1.165) is 33.9 Å². The molecule has 0 N–H and O–H groups in total. The Morgan fingerprint density at radius 3 is 1.52 bits per heavy atom. The van der Waals surface area contributed by atoms with Gasteiger partial charge in [-0.15, -0.1) is 11.3 Å². The molecule has 3 nitrogen and oxygen atoms in total. The summed E-state index contributed by atoms with van der Waals surface area (Å²) in [6.45, 7) is 0. The number of nitrogens with zero attached hydrogens (tertiary/aromatic N) is 3. The van der Waals surface area contributed by atoms with Crippen LogP contribution >= 0.6 is 11.3 Å². The maximum atomic E-state index is 5.08. The van der Waals surface area contributed by atoms with E-state index in [1.165, 1.54) is 59.3 Å². The molecule has 0 amide bonds. The van der Waals surface area contributed by atoms with Gasteiger partial charge in [-0.2, -0.15) is 0 Å². The molecule has 0 aliphatic carbocycles. The summed E-state index contributed by atoms with van der Waals surface area (Å²) < 4.78 is 3.71. The van der Waals surface area contributed by atoms with Crippen LogP contribution in [0.25, 0.3) is 93.2 Å². The normalized spacial score (nSPS) is 11.5.